The molecule has 3 aromatic rings. The molecule has 1 N–H and O–H groups in total. The molecule has 39 heavy (non-hydrogen) atoms. The van der Waals surface area contributed by atoms with Crippen LogP contribution in [0.5, 0.6) is 17.2 Å². The minimum Gasteiger partial charge on any atom is -0.494 e. The van der Waals surface area contributed by atoms with Crippen molar-refractivity contribution in [2.24, 2.45) is 0 Å². The van der Waals surface area contributed by atoms with E-state index < -0.39 is 45.9 Å². The van der Waals surface area contributed by atoms with Crippen molar-refractivity contribution in [1.29, 1.82) is 0 Å². The largest absolute Gasteiger partial charge is 0.494 e. The highest BCUT2D eigenvalue weighted by Crippen LogP contribution is 2.38. The summed E-state index contributed by atoms with van der Waals surface area (Å²) in [5.74, 6) is -1.80. The predicted octanol–water partition coefficient (Wildman–Crippen LogP) is 5.47. The van der Waals surface area contributed by atoms with Crippen molar-refractivity contribution in [2.75, 3.05) is 11.5 Å². The van der Waals surface area contributed by atoms with Crippen molar-refractivity contribution in [3.05, 3.63) is 93.5 Å². The van der Waals surface area contributed by atoms with Crippen molar-refractivity contribution in [2.45, 2.75) is 13.1 Å². The number of carbonyl (C=O) groups excluding carboxylic acids is 3. The van der Waals surface area contributed by atoms with Crippen LogP contribution >= 0.6 is 0 Å². The molecule has 0 spiro atoms. The fraction of sp³-hybridized carbons (Fsp3) is 0.115. The molecule has 1 aliphatic heterocycles. The van der Waals surface area contributed by atoms with E-state index in [1.54, 1.807) is 19.1 Å². The Balaban J connectivity index is 1.63. The first-order chi connectivity index (χ1) is 18.5. The smallest absolute Gasteiger partial charge is 0.416 e. The molecule has 0 aliphatic carbocycles. The highest BCUT2D eigenvalue weighted by atomic mass is 19.4. The Hall–Kier alpha value is -5.20. The molecule has 10 nitrogen and oxygen atoms in total. The Labute approximate surface area is 218 Å². The first kappa shape index (κ1) is 26.9. The molecule has 0 unspecified atom stereocenters. The number of hydrogen-bond donors (Lipinski definition) is 1. The number of nitro benzene ring substituents is 1. The van der Waals surface area contributed by atoms with Gasteiger partial charge in [-0.25, -0.2) is 9.69 Å². The third-order valence-electron chi connectivity index (χ3n) is 5.39. The Morgan fingerprint density at radius 1 is 1.00 bits per heavy atom. The first-order valence-electron chi connectivity index (χ1n) is 11.3. The molecule has 1 aliphatic rings. The third kappa shape index (κ3) is 5.87. The summed E-state index contributed by atoms with van der Waals surface area (Å²) >= 11 is 0. The van der Waals surface area contributed by atoms with Gasteiger partial charge >= 0.3 is 17.9 Å². The average molecular weight is 541 g/mol. The molecular formula is C26H18F3N3O7. The maximum absolute atomic E-state index is 13.1. The van der Waals surface area contributed by atoms with Crippen LogP contribution in [-0.2, 0) is 15.8 Å². The number of rotatable bonds is 7. The zero-order valence-electron chi connectivity index (χ0n) is 20.0. The highest BCUT2D eigenvalue weighted by Gasteiger charge is 2.37. The van der Waals surface area contributed by atoms with Crippen molar-refractivity contribution in [3.8, 4) is 17.2 Å². The second-order valence-electron chi connectivity index (χ2n) is 8.00. The number of carbonyl (C=O) groups is 3. The molecule has 1 fully saturated rings. The Kier molecular flexibility index (Phi) is 7.33. The van der Waals surface area contributed by atoms with Crippen molar-refractivity contribution < 1.29 is 42.0 Å². The Morgan fingerprint density at radius 3 is 2.36 bits per heavy atom. The zero-order chi connectivity index (χ0) is 28.3. The lowest BCUT2D eigenvalue weighted by molar-refractivity contribution is -0.385. The zero-order valence-corrected chi connectivity index (χ0v) is 20.0. The van der Waals surface area contributed by atoms with Gasteiger partial charge in [-0.3, -0.25) is 25.0 Å². The third-order valence-corrected chi connectivity index (χ3v) is 5.39. The minimum absolute atomic E-state index is 0.0182. The van der Waals surface area contributed by atoms with Crippen LogP contribution in [0.2, 0.25) is 0 Å². The molecule has 0 bridgehead atoms. The van der Waals surface area contributed by atoms with Crippen LogP contribution in [0.25, 0.3) is 6.08 Å². The fourth-order valence-electron chi connectivity index (χ4n) is 3.63. The van der Waals surface area contributed by atoms with Crippen LogP contribution in [0.4, 0.5) is 29.3 Å². The maximum Gasteiger partial charge on any atom is 0.416 e. The van der Waals surface area contributed by atoms with Gasteiger partial charge in [-0.15, -0.1) is 0 Å². The molecular weight excluding hydrogens is 523 g/mol. The standard InChI is InChI=1S/C26H18F3N3O7/c1-2-38-18-9-7-17(8-10-18)31-24(34)20(23(33)30-25(31)35)13-15-4-3-5-19(12-15)39-22-11-6-16(26(27,28)29)14-21(22)32(36)37/h3-14H,2H2,1H3,(H,30,33,35)/b20-13-. The monoisotopic (exact) mass is 541 g/mol. The average Bonchev–Trinajstić information content (AvgIpc) is 2.87. The van der Waals surface area contributed by atoms with Crippen LogP contribution in [0.15, 0.2) is 72.3 Å². The van der Waals surface area contributed by atoms with Crippen molar-refractivity contribution in [3.63, 3.8) is 0 Å². The van der Waals surface area contributed by atoms with Crippen LogP contribution in [-0.4, -0.2) is 29.4 Å². The number of imide groups is 2. The molecule has 0 saturated carbocycles. The van der Waals surface area contributed by atoms with Gasteiger partial charge in [0, 0.05) is 6.07 Å². The van der Waals surface area contributed by atoms with E-state index in [1.165, 1.54) is 42.5 Å². The van der Waals surface area contributed by atoms with Crippen LogP contribution in [0.1, 0.15) is 18.1 Å². The number of urea groups is 1. The van der Waals surface area contributed by atoms with Crippen molar-refractivity contribution >= 4 is 35.3 Å². The van der Waals surface area contributed by atoms with E-state index in [2.05, 4.69) is 5.32 Å². The Morgan fingerprint density at radius 2 is 1.72 bits per heavy atom. The summed E-state index contributed by atoms with van der Waals surface area (Å²) in [6.45, 7) is 2.21. The maximum atomic E-state index is 13.1. The van der Waals surface area contributed by atoms with Gasteiger partial charge in [0.25, 0.3) is 11.8 Å². The lowest BCUT2D eigenvalue weighted by atomic mass is 10.1. The van der Waals surface area contributed by atoms with E-state index in [9.17, 15) is 37.7 Å². The second-order valence-corrected chi connectivity index (χ2v) is 8.00. The van der Waals surface area contributed by atoms with E-state index in [0.717, 1.165) is 11.0 Å². The summed E-state index contributed by atoms with van der Waals surface area (Å²) in [4.78, 5) is 49.1. The van der Waals surface area contributed by atoms with E-state index in [-0.39, 0.29) is 22.6 Å². The molecule has 3 aromatic carbocycles. The van der Waals surface area contributed by atoms with E-state index in [1.807, 2.05) is 0 Å². The molecule has 1 saturated heterocycles. The lowest BCUT2D eigenvalue weighted by Crippen LogP contribution is -2.54. The summed E-state index contributed by atoms with van der Waals surface area (Å²) < 4.78 is 49.7. The van der Waals surface area contributed by atoms with Gasteiger partial charge in [-0.05, 0) is 67.1 Å². The number of nitrogens with zero attached hydrogens (tertiary/aromatic N) is 2. The number of nitro groups is 1. The number of anilines is 1. The highest BCUT2D eigenvalue weighted by molar-refractivity contribution is 6.39. The quantitative estimate of drug-likeness (QED) is 0.182. The van der Waals surface area contributed by atoms with E-state index in [0.29, 0.717) is 24.5 Å². The fourth-order valence-corrected chi connectivity index (χ4v) is 3.63. The second kappa shape index (κ2) is 10.7. The van der Waals surface area contributed by atoms with Crippen LogP contribution < -0.4 is 19.7 Å². The van der Waals surface area contributed by atoms with E-state index in [4.69, 9.17) is 9.47 Å². The van der Waals surface area contributed by atoms with Gasteiger partial charge in [-0.2, -0.15) is 13.2 Å². The number of nitrogens with one attached hydrogen (secondary N) is 1. The SMILES string of the molecule is CCOc1ccc(N2C(=O)NC(=O)/C(=C/c3cccc(Oc4ccc(C(F)(F)F)cc4[N+](=O)[O-])c3)C2=O)cc1. The van der Waals surface area contributed by atoms with Gasteiger partial charge in [0.2, 0.25) is 5.75 Å². The number of barbiturate groups is 1. The van der Waals surface area contributed by atoms with Gasteiger partial charge in [0.1, 0.15) is 17.1 Å². The number of amides is 4. The summed E-state index contributed by atoms with van der Waals surface area (Å²) in [5.41, 5.74) is -2.08. The normalized spacial score (nSPS) is 14.8. The van der Waals surface area contributed by atoms with Gasteiger partial charge < -0.3 is 9.47 Å². The molecule has 200 valence electrons. The summed E-state index contributed by atoms with van der Waals surface area (Å²) in [6.07, 6.45) is -3.61. The molecule has 1 heterocycles. The summed E-state index contributed by atoms with van der Waals surface area (Å²) in [5, 5.41) is 13.4. The summed E-state index contributed by atoms with van der Waals surface area (Å²) in [6, 6.07) is 12.6. The minimum atomic E-state index is -4.79. The molecule has 4 amide bonds. The molecule has 0 aromatic heterocycles. The first-order valence-corrected chi connectivity index (χ1v) is 11.3. The molecule has 4 rings (SSSR count). The number of ether oxygens (including phenoxy) is 2. The number of alkyl halides is 3. The number of hydrogen-bond acceptors (Lipinski definition) is 7. The lowest BCUT2D eigenvalue weighted by Gasteiger charge is -2.26. The van der Waals surface area contributed by atoms with Crippen LogP contribution in [0.3, 0.4) is 0 Å². The van der Waals surface area contributed by atoms with Crippen LogP contribution in [0, 0.1) is 10.1 Å². The van der Waals surface area contributed by atoms with Crippen molar-refractivity contribution in [1.82, 2.24) is 5.32 Å². The van der Waals surface area contributed by atoms with Gasteiger partial charge in [0.15, 0.2) is 0 Å². The molecule has 0 radical (unpaired) electrons. The van der Waals surface area contributed by atoms with Gasteiger partial charge in [-0.1, -0.05) is 12.1 Å². The molecule has 13 heteroatoms. The van der Waals surface area contributed by atoms with Gasteiger partial charge in [0.05, 0.1) is 22.8 Å². The predicted molar refractivity (Wildman–Crippen MR) is 131 cm³/mol. The number of halogens is 3. The van der Waals surface area contributed by atoms with E-state index >= 15 is 0 Å². The Bertz CT molecular complexity index is 1500. The number of benzene rings is 3. The topological polar surface area (TPSA) is 128 Å². The molecule has 0 atom stereocenters. The summed E-state index contributed by atoms with van der Waals surface area (Å²) in [7, 11) is 0.